The molecular weight excluding hydrogens is 390 g/mol. The van der Waals surface area contributed by atoms with Crippen LogP contribution in [0, 0.1) is 0 Å². The first-order valence-corrected chi connectivity index (χ1v) is 9.11. The Morgan fingerprint density at radius 2 is 1.90 bits per heavy atom. The highest BCUT2D eigenvalue weighted by atomic mass is 35.5. The van der Waals surface area contributed by atoms with Crippen LogP contribution in [0.3, 0.4) is 0 Å². The first-order chi connectivity index (χ1) is 14.1. The Hall–Kier alpha value is -3.71. The van der Waals surface area contributed by atoms with Crippen LogP contribution in [0.1, 0.15) is 16.1 Å². The van der Waals surface area contributed by atoms with Crippen LogP contribution >= 0.6 is 11.6 Å². The molecule has 0 fully saturated rings. The predicted molar refractivity (Wildman–Crippen MR) is 111 cm³/mol. The van der Waals surface area contributed by atoms with Crippen molar-refractivity contribution in [1.82, 2.24) is 15.0 Å². The fourth-order valence-corrected chi connectivity index (χ4v) is 2.82. The van der Waals surface area contributed by atoms with Crippen LogP contribution in [-0.2, 0) is 6.61 Å². The van der Waals surface area contributed by atoms with Crippen molar-refractivity contribution in [3.05, 3.63) is 83.3 Å². The van der Waals surface area contributed by atoms with Crippen LogP contribution in [-0.4, -0.2) is 20.9 Å². The minimum atomic E-state index is -0.572. The zero-order valence-electron chi connectivity index (χ0n) is 15.2. The number of anilines is 2. The number of amides is 1. The van der Waals surface area contributed by atoms with E-state index in [-0.39, 0.29) is 12.3 Å². The van der Waals surface area contributed by atoms with Crippen molar-refractivity contribution in [2.24, 2.45) is 5.73 Å². The standard InChI is InChI=1S/C21H16ClN5O2/c22-15-1-3-16(4-2-15)26-21-25-11-14-10-17(5-6-18(14)27-21)29-12-13-7-8-24-19(9-13)20(23)28/h1-11H,12H2,(H2,23,28)(H,25,26,27). The second-order valence-electron chi connectivity index (χ2n) is 6.25. The molecule has 0 aliphatic rings. The third-order valence-electron chi connectivity index (χ3n) is 4.13. The zero-order valence-corrected chi connectivity index (χ0v) is 15.9. The summed E-state index contributed by atoms with van der Waals surface area (Å²) in [4.78, 5) is 24.0. The van der Waals surface area contributed by atoms with Crippen molar-refractivity contribution in [2.45, 2.75) is 6.61 Å². The summed E-state index contributed by atoms with van der Waals surface area (Å²) in [7, 11) is 0. The molecule has 0 aliphatic carbocycles. The van der Waals surface area contributed by atoms with Gasteiger partial charge in [0.25, 0.3) is 5.91 Å². The molecule has 0 unspecified atom stereocenters. The number of halogens is 1. The number of nitrogens with one attached hydrogen (secondary N) is 1. The van der Waals surface area contributed by atoms with Crippen molar-refractivity contribution >= 4 is 40.0 Å². The number of carbonyl (C=O) groups is 1. The summed E-state index contributed by atoms with van der Waals surface area (Å²) < 4.78 is 5.81. The van der Waals surface area contributed by atoms with Crippen LogP contribution in [0.25, 0.3) is 10.9 Å². The Morgan fingerprint density at radius 3 is 2.69 bits per heavy atom. The Bertz CT molecular complexity index is 1180. The predicted octanol–water partition coefficient (Wildman–Crippen LogP) is 4.10. The number of nitrogens with two attached hydrogens (primary N) is 1. The van der Waals surface area contributed by atoms with Gasteiger partial charge in [0, 0.05) is 28.5 Å². The number of hydrogen-bond acceptors (Lipinski definition) is 6. The van der Waals surface area contributed by atoms with E-state index in [1.54, 1.807) is 30.5 Å². The largest absolute Gasteiger partial charge is 0.489 e. The molecule has 4 rings (SSSR count). The topological polar surface area (TPSA) is 103 Å². The number of hydrogen-bond donors (Lipinski definition) is 2. The number of ether oxygens (including phenoxy) is 1. The van der Waals surface area contributed by atoms with Crippen LogP contribution in [0.2, 0.25) is 5.02 Å². The van der Waals surface area contributed by atoms with Crippen LogP contribution in [0.15, 0.2) is 67.0 Å². The number of pyridine rings is 1. The average Bonchev–Trinajstić information content (AvgIpc) is 2.74. The monoisotopic (exact) mass is 405 g/mol. The molecule has 29 heavy (non-hydrogen) atoms. The lowest BCUT2D eigenvalue weighted by atomic mass is 10.2. The van der Waals surface area contributed by atoms with Gasteiger partial charge in [0.15, 0.2) is 0 Å². The van der Waals surface area contributed by atoms with Crippen LogP contribution in [0.5, 0.6) is 5.75 Å². The van der Waals surface area contributed by atoms with Gasteiger partial charge in [0.1, 0.15) is 18.1 Å². The third-order valence-corrected chi connectivity index (χ3v) is 4.39. The van der Waals surface area contributed by atoms with Crippen molar-refractivity contribution in [1.29, 1.82) is 0 Å². The first-order valence-electron chi connectivity index (χ1n) is 8.74. The summed E-state index contributed by atoms with van der Waals surface area (Å²) in [6, 6.07) is 16.2. The second-order valence-corrected chi connectivity index (χ2v) is 6.68. The van der Waals surface area contributed by atoms with E-state index >= 15 is 0 Å². The molecular formula is C21H16ClN5O2. The molecule has 8 heteroatoms. The van der Waals surface area contributed by atoms with Crippen molar-refractivity contribution in [3.63, 3.8) is 0 Å². The Balaban J connectivity index is 1.47. The minimum Gasteiger partial charge on any atom is -0.489 e. The van der Waals surface area contributed by atoms with Gasteiger partial charge >= 0.3 is 0 Å². The Labute approximate surface area is 171 Å². The summed E-state index contributed by atoms with van der Waals surface area (Å²) in [5, 5.41) is 4.65. The highest BCUT2D eigenvalue weighted by molar-refractivity contribution is 6.30. The lowest BCUT2D eigenvalue weighted by Crippen LogP contribution is -2.13. The number of rotatable bonds is 6. The number of primary amides is 1. The van der Waals surface area contributed by atoms with Crippen molar-refractivity contribution in [2.75, 3.05) is 5.32 Å². The number of carbonyl (C=O) groups excluding carboxylic acids is 1. The summed E-state index contributed by atoms with van der Waals surface area (Å²) in [6.07, 6.45) is 3.26. The highest BCUT2D eigenvalue weighted by Gasteiger charge is 2.06. The van der Waals surface area contributed by atoms with E-state index in [1.807, 2.05) is 30.3 Å². The van der Waals surface area contributed by atoms with Gasteiger partial charge in [0.2, 0.25) is 5.95 Å². The maximum absolute atomic E-state index is 11.2. The smallest absolute Gasteiger partial charge is 0.267 e. The zero-order chi connectivity index (χ0) is 20.2. The first kappa shape index (κ1) is 18.6. The normalized spacial score (nSPS) is 10.7. The molecule has 4 aromatic rings. The van der Waals surface area contributed by atoms with Gasteiger partial charge < -0.3 is 15.8 Å². The van der Waals surface area contributed by atoms with Gasteiger partial charge in [-0.2, -0.15) is 0 Å². The van der Waals surface area contributed by atoms with Crippen LogP contribution < -0.4 is 15.8 Å². The van der Waals surface area contributed by atoms with E-state index in [9.17, 15) is 4.79 Å². The Morgan fingerprint density at radius 1 is 1.07 bits per heavy atom. The molecule has 2 heterocycles. The fraction of sp³-hybridized carbons (Fsp3) is 0.0476. The SMILES string of the molecule is NC(=O)c1cc(COc2ccc3nc(Nc4ccc(Cl)cc4)ncc3c2)ccn1. The number of fused-ring (bicyclic) bond motifs is 1. The minimum absolute atomic E-state index is 0.207. The van der Waals surface area contributed by atoms with Gasteiger partial charge in [-0.1, -0.05) is 11.6 Å². The van der Waals surface area contributed by atoms with Gasteiger partial charge in [-0.05, 0) is 60.2 Å². The molecule has 2 aromatic heterocycles. The van der Waals surface area contributed by atoms with E-state index in [0.29, 0.717) is 16.7 Å². The molecule has 0 radical (unpaired) electrons. The lowest BCUT2D eigenvalue weighted by molar-refractivity contribution is 0.0995. The van der Waals surface area contributed by atoms with Crippen LogP contribution in [0.4, 0.5) is 11.6 Å². The maximum atomic E-state index is 11.2. The van der Waals surface area contributed by atoms with E-state index in [0.717, 1.165) is 22.2 Å². The lowest BCUT2D eigenvalue weighted by Gasteiger charge is -2.09. The molecule has 0 saturated carbocycles. The molecule has 0 spiro atoms. The van der Waals surface area contributed by atoms with E-state index in [2.05, 4.69) is 20.3 Å². The van der Waals surface area contributed by atoms with E-state index in [4.69, 9.17) is 22.1 Å². The van der Waals surface area contributed by atoms with E-state index < -0.39 is 5.91 Å². The second kappa shape index (κ2) is 8.12. The maximum Gasteiger partial charge on any atom is 0.267 e. The van der Waals surface area contributed by atoms with Gasteiger partial charge in [0.05, 0.1) is 5.52 Å². The van der Waals surface area contributed by atoms with Gasteiger partial charge in [-0.15, -0.1) is 0 Å². The quantitative estimate of drug-likeness (QED) is 0.500. The molecule has 144 valence electrons. The summed E-state index contributed by atoms with van der Waals surface area (Å²) >= 11 is 5.90. The van der Waals surface area contributed by atoms with Crippen molar-refractivity contribution in [3.8, 4) is 5.75 Å². The number of nitrogens with zero attached hydrogens (tertiary/aromatic N) is 3. The number of benzene rings is 2. The molecule has 0 saturated heterocycles. The average molecular weight is 406 g/mol. The molecule has 3 N–H and O–H groups in total. The summed E-state index contributed by atoms with van der Waals surface area (Å²) in [6.45, 7) is 0.283. The molecule has 0 aliphatic heterocycles. The highest BCUT2D eigenvalue weighted by Crippen LogP contribution is 2.22. The molecule has 0 atom stereocenters. The van der Waals surface area contributed by atoms with Gasteiger partial charge in [-0.25, -0.2) is 9.97 Å². The molecule has 2 aromatic carbocycles. The van der Waals surface area contributed by atoms with E-state index in [1.165, 1.54) is 6.20 Å². The fourth-order valence-electron chi connectivity index (χ4n) is 2.69. The molecule has 7 nitrogen and oxygen atoms in total. The van der Waals surface area contributed by atoms with Crippen molar-refractivity contribution < 1.29 is 9.53 Å². The molecule has 0 bridgehead atoms. The summed E-state index contributed by atoms with van der Waals surface area (Å²) in [5.41, 5.74) is 7.89. The third kappa shape index (κ3) is 4.59. The molecule has 1 amide bonds. The van der Waals surface area contributed by atoms with Gasteiger partial charge in [-0.3, -0.25) is 9.78 Å². The number of aromatic nitrogens is 3. The Kier molecular flexibility index (Phi) is 5.22. The summed E-state index contributed by atoms with van der Waals surface area (Å²) in [5.74, 6) is 0.582.